The zero-order chi connectivity index (χ0) is 24.0. The van der Waals surface area contributed by atoms with Crippen LogP contribution in [0.5, 0.6) is 0 Å². The maximum absolute atomic E-state index is 14.9. The number of pyridine rings is 1. The number of hydrogen-bond acceptors (Lipinski definition) is 6. The highest BCUT2D eigenvalue weighted by molar-refractivity contribution is 7.21. The van der Waals surface area contributed by atoms with Gasteiger partial charge < -0.3 is 20.9 Å². The van der Waals surface area contributed by atoms with E-state index in [1.807, 2.05) is 19.1 Å². The fraction of sp³-hybridized carbons (Fsp3) is 0.417. The number of carbonyl (C=O) groups excluding carboxylic acids is 1. The molecule has 0 aliphatic carbocycles. The van der Waals surface area contributed by atoms with Crippen LogP contribution in [0.2, 0.25) is 0 Å². The first-order chi connectivity index (χ1) is 16.4. The van der Waals surface area contributed by atoms with Gasteiger partial charge in [-0.25, -0.2) is 18.2 Å². The lowest BCUT2D eigenvalue weighted by atomic mass is 10.1. The van der Waals surface area contributed by atoms with Crippen LogP contribution in [0.3, 0.4) is 0 Å². The van der Waals surface area contributed by atoms with Crippen LogP contribution in [-0.2, 0) is 6.42 Å². The number of halogens is 3. The van der Waals surface area contributed by atoms with E-state index in [9.17, 15) is 18.0 Å². The molecular weight excluding hydrogens is 463 g/mol. The number of aromatic nitrogens is 1. The predicted octanol–water partition coefficient (Wildman–Crippen LogP) is 3.98. The van der Waals surface area contributed by atoms with Gasteiger partial charge in [0.25, 0.3) is 5.91 Å². The van der Waals surface area contributed by atoms with E-state index in [4.69, 9.17) is 0 Å². The molecule has 10 heteroatoms. The van der Waals surface area contributed by atoms with Crippen molar-refractivity contribution >= 4 is 38.8 Å². The highest BCUT2D eigenvalue weighted by atomic mass is 32.1. The van der Waals surface area contributed by atoms with Crippen molar-refractivity contribution in [3.05, 3.63) is 51.8 Å². The Hall–Kier alpha value is -2.85. The first-order valence-electron chi connectivity index (χ1n) is 11.4. The van der Waals surface area contributed by atoms with E-state index >= 15 is 0 Å². The Kier molecular flexibility index (Phi) is 6.11. The number of amides is 1. The Balaban J connectivity index is 1.29. The quantitative estimate of drug-likeness (QED) is 0.457. The topological polar surface area (TPSA) is 69.3 Å². The molecule has 3 aromatic rings. The largest absolute Gasteiger partial charge is 0.386 e. The van der Waals surface area contributed by atoms with Gasteiger partial charge in [0.15, 0.2) is 11.6 Å². The zero-order valence-electron chi connectivity index (χ0n) is 19.0. The van der Waals surface area contributed by atoms with E-state index in [0.29, 0.717) is 23.7 Å². The summed E-state index contributed by atoms with van der Waals surface area (Å²) < 4.78 is 44.6. The minimum atomic E-state index is -1.16. The number of fused-ring (bicyclic) bond motifs is 3. The molecule has 1 amide bonds. The lowest BCUT2D eigenvalue weighted by molar-refractivity contribution is 0.0959. The first-order valence-corrected chi connectivity index (χ1v) is 12.2. The minimum Gasteiger partial charge on any atom is -0.386 e. The normalized spacial score (nSPS) is 19.6. The Morgan fingerprint density at radius 2 is 1.94 bits per heavy atom. The number of carbonyl (C=O) groups is 1. The van der Waals surface area contributed by atoms with Crippen molar-refractivity contribution < 1.29 is 18.0 Å². The van der Waals surface area contributed by atoms with Crippen LogP contribution in [0.25, 0.3) is 10.2 Å². The van der Waals surface area contributed by atoms with Crippen molar-refractivity contribution in [2.45, 2.75) is 38.3 Å². The summed E-state index contributed by atoms with van der Waals surface area (Å²) in [7, 11) is 1.73. The van der Waals surface area contributed by atoms with E-state index in [-0.39, 0.29) is 42.2 Å². The van der Waals surface area contributed by atoms with Gasteiger partial charge in [-0.2, -0.15) is 0 Å². The maximum atomic E-state index is 14.9. The van der Waals surface area contributed by atoms with Crippen molar-refractivity contribution in [2.75, 3.05) is 36.9 Å². The number of aryl methyl sites for hydroxylation is 1. The van der Waals surface area contributed by atoms with Crippen LogP contribution >= 0.6 is 11.3 Å². The monoisotopic (exact) mass is 489 g/mol. The van der Waals surface area contributed by atoms with Crippen LogP contribution in [0.15, 0.2) is 18.2 Å². The van der Waals surface area contributed by atoms with Gasteiger partial charge in [0.05, 0.1) is 5.69 Å². The molecule has 0 saturated carbocycles. The summed E-state index contributed by atoms with van der Waals surface area (Å²) in [5, 5.41) is 10.0. The molecule has 2 bridgehead atoms. The molecular formula is C24H26F3N5OS. The molecule has 1 aromatic carbocycles. The Morgan fingerprint density at radius 1 is 1.21 bits per heavy atom. The number of nitrogens with zero attached hydrogens (tertiary/aromatic N) is 2. The Labute approximate surface area is 199 Å². The molecule has 0 spiro atoms. The van der Waals surface area contributed by atoms with Gasteiger partial charge in [-0.15, -0.1) is 11.3 Å². The highest BCUT2D eigenvalue weighted by Crippen LogP contribution is 2.35. The van der Waals surface area contributed by atoms with Crippen LogP contribution in [-0.4, -0.2) is 49.7 Å². The molecule has 5 rings (SSSR count). The lowest BCUT2D eigenvalue weighted by Gasteiger charge is -2.35. The second kappa shape index (κ2) is 9.07. The minimum absolute atomic E-state index is 0.0321. The molecule has 34 heavy (non-hydrogen) atoms. The van der Waals surface area contributed by atoms with E-state index in [2.05, 4.69) is 20.9 Å². The smallest absolute Gasteiger partial charge is 0.263 e. The predicted molar refractivity (Wildman–Crippen MR) is 128 cm³/mol. The molecule has 2 saturated heterocycles. The second-order valence-electron chi connectivity index (χ2n) is 8.90. The summed E-state index contributed by atoms with van der Waals surface area (Å²) in [6.07, 6.45) is 1.88. The van der Waals surface area contributed by atoms with Crippen LogP contribution in [0.4, 0.5) is 24.5 Å². The fourth-order valence-electron chi connectivity index (χ4n) is 4.96. The van der Waals surface area contributed by atoms with Crippen molar-refractivity contribution in [3.63, 3.8) is 0 Å². The van der Waals surface area contributed by atoms with E-state index < -0.39 is 17.5 Å². The summed E-state index contributed by atoms with van der Waals surface area (Å²) in [5.74, 6) is -3.34. The number of anilines is 2. The average Bonchev–Trinajstić information content (AvgIpc) is 3.35. The lowest BCUT2D eigenvalue weighted by Crippen LogP contribution is -2.51. The van der Waals surface area contributed by atoms with Crippen molar-refractivity contribution in [2.24, 2.45) is 0 Å². The molecule has 2 aliphatic heterocycles. The standard InChI is InChI=1S/C24H26F3N5OS/c1-12-3-6-16-20(28-2)22(34-24(16)30-12)23(33)29-8-7-13-9-17(25)21(19(27)18(13)26)32-10-14-4-5-15(11-32)31-14/h3,6,9,14-15,28,31H,4-5,7-8,10-11H2,1-2H3,(H,29,33)/t14-,15+. The van der Waals surface area contributed by atoms with Gasteiger partial charge in [-0.05, 0) is 49.9 Å². The van der Waals surface area contributed by atoms with E-state index in [1.54, 1.807) is 11.9 Å². The summed E-state index contributed by atoms with van der Waals surface area (Å²) in [6, 6.07) is 5.17. The van der Waals surface area contributed by atoms with Gasteiger partial charge in [0.2, 0.25) is 0 Å². The van der Waals surface area contributed by atoms with Gasteiger partial charge in [0.1, 0.15) is 21.2 Å². The number of thiophene rings is 1. The molecule has 2 aliphatic rings. The van der Waals surface area contributed by atoms with Gasteiger partial charge >= 0.3 is 0 Å². The molecule has 180 valence electrons. The summed E-state index contributed by atoms with van der Waals surface area (Å²) in [4.78, 5) is 20.1. The van der Waals surface area contributed by atoms with E-state index in [1.165, 1.54) is 11.3 Å². The molecule has 0 radical (unpaired) electrons. The second-order valence-corrected chi connectivity index (χ2v) is 9.90. The van der Waals surface area contributed by atoms with Gasteiger partial charge in [-0.1, -0.05) is 0 Å². The molecule has 0 unspecified atom stereocenters. The van der Waals surface area contributed by atoms with Crippen molar-refractivity contribution in [1.29, 1.82) is 0 Å². The maximum Gasteiger partial charge on any atom is 0.263 e. The number of nitrogens with one attached hydrogen (secondary N) is 3. The first kappa shape index (κ1) is 22.9. The van der Waals surface area contributed by atoms with Crippen molar-refractivity contribution in [1.82, 2.24) is 15.6 Å². The zero-order valence-corrected chi connectivity index (χ0v) is 19.8. The third-order valence-electron chi connectivity index (χ3n) is 6.57. The molecule has 6 nitrogen and oxygen atoms in total. The molecule has 2 aromatic heterocycles. The summed E-state index contributed by atoms with van der Waals surface area (Å²) in [5.41, 5.74) is 1.12. The van der Waals surface area contributed by atoms with Gasteiger partial charge in [0, 0.05) is 49.8 Å². The van der Waals surface area contributed by atoms with Crippen molar-refractivity contribution in [3.8, 4) is 0 Å². The third-order valence-corrected chi connectivity index (χ3v) is 7.67. The highest BCUT2D eigenvalue weighted by Gasteiger charge is 2.35. The third kappa shape index (κ3) is 4.09. The fourth-order valence-corrected chi connectivity index (χ4v) is 6.10. The van der Waals surface area contributed by atoms with Gasteiger partial charge in [-0.3, -0.25) is 4.79 Å². The van der Waals surface area contributed by atoms with Crippen LogP contribution in [0.1, 0.15) is 33.8 Å². The SMILES string of the molecule is CNc1c(C(=O)NCCc2cc(F)c(N3C[C@H]4CC[C@@H](C3)N4)c(F)c2F)sc2nc(C)ccc12. The summed E-state index contributed by atoms with van der Waals surface area (Å²) >= 11 is 1.26. The number of rotatable bonds is 6. The Morgan fingerprint density at radius 3 is 2.65 bits per heavy atom. The average molecular weight is 490 g/mol. The molecule has 3 N–H and O–H groups in total. The molecule has 2 atom stereocenters. The number of piperazine rings is 1. The number of benzene rings is 1. The van der Waals surface area contributed by atoms with Crippen LogP contribution in [0, 0.1) is 24.4 Å². The Bertz CT molecular complexity index is 1250. The number of hydrogen-bond donors (Lipinski definition) is 3. The molecule has 2 fully saturated rings. The summed E-state index contributed by atoms with van der Waals surface area (Å²) in [6.45, 7) is 2.82. The van der Waals surface area contributed by atoms with E-state index in [0.717, 1.165) is 34.8 Å². The van der Waals surface area contributed by atoms with Crippen LogP contribution < -0.4 is 20.9 Å². The molecule has 4 heterocycles.